The molecule has 0 radical (unpaired) electrons. The second kappa shape index (κ2) is 15.0. The number of nitrogens with zero attached hydrogens (tertiary/aromatic N) is 1. The van der Waals surface area contributed by atoms with Crippen molar-refractivity contribution in [3.05, 3.63) is 143 Å². The largest absolute Gasteiger partial charge is 0.375 e. The molecule has 45 heavy (non-hydrogen) atoms. The summed E-state index contributed by atoms with van der Waals surface area (Å²) in [4.78, 5) is 0. The third-order valence-corrected chi connectivity index (χ3v) is 11.4. The molecular formula is C35H37F3N2O3S2. The average Bonchev–Trinajstić information content (AvgIpc) is 3.47. The van der Waals surface area contributed by atoms with E-state index in [2.05, 4.69) is 41.1 Å². The lowest BCUT2D eigenvalue weighted by molar-refractivity contribution is 0.0849. The number of ether oxygens (including phenoxy) is 1. The molecule has 4 aromatic rings. The van der Waals surface area contributed by atoms with Gasteiger partial charge < -0.3 is 4.74 Å². The molecule has 2 atom stereocenters. The molecular weight excluding hydrogens is 618 g/mol. The molecule has 0 saturated carbocycles. The van der Waals surface area contributed by atoms with E-state index < -0.39 is 38.4 Å². The Morgan fingerprint density at radius 3 is 1.91 bits per heavy atom. The minimum Gasteiger partial charge on any atom is -0.375 e. The van der Waals surface area contributed by atoms with E-state index in [4.69, 9.17) is 4.74 Å². The number of rotatable bonds is 14. The second-order valence-electron chi connectivity index (χ2n) is 11.1. The molecule has 1 aliphatic rings. The SMILES string of the molecule is CCCCNS(=O)(=O)N1C[C@H](SC(c2ccccc2)(c2ccccc2)c2ccccc2)C[C@H]1COCc1cc(F)c(F)cc1F. The van der Waals surface area contributed by atoms with E-state index in [9.17, 15) is 21.6 Å². The lowest BCUT2D eigenvalue weighted by Gasteiger charge is -2.37. The van der Waals surface area contributed by atoms with Crippen LogP contribution in [-0.4, -0.2) is 43.7 Å². The quantitative estimate of drug-likeness (QED) is 0.0874. The molecule has 1 aliphatic heterocycles. The Labute approximate surface area is 268 Å². The first-order valence-corrected chi connectivity index (χ1v) is 17.4. The first-order chi connectivity index (χ1) is 21.7. The smallest absolute Gasteiger partial charge is 0.279 e. The minimum atomic E-state index is -3.87. The van der Waals surface area contributed by atoms with Crippen LogP contribution in [-0.2, 0) is 26.3 Å². The number of halogens is 3. The lowest BCUT2D eigenvalue weighted by atomic mass is 9.84. The van der Waals surface area contributed by atoms with E-state index in [0.717, 1.165) is 29.2 Å². The van der Waals surface area contributed by atoms with Crippen molar-refractivity contribution in [3.8, 4) is 0 Å². The Morgan fingerprint density at radius 1 is 0.844 bits per heavy atom. The van der Waals surface area contributed by atoms with Crippen molar-refractivity contribution in [2.24, 2.45) is 0 Å². The van der Waals surface area contributed by atoms with Gasteiger partial charge in [-0.3, -0.25) is 0 Å². The number of hydrogen-bond donors (Lipinski definition) is 1. The van der Waals surface area contributed by atoms with Crippen molar-refractivity contribution in [1.29, 1.82) is 0 Å². The molecule has 1 saturated heterocycles. The summed E-state index contributed by atoms with van der Waals surface area (Å²) in [6.07, 6.45) is 2.00. The molecule has 1 N–H and O–H groups in total. The Kier molecular flexibility index (Phi) is 11.0. The maximum absolute atomic E-state index is 14.3. The fourth-order valence-electron chi connectivity index (χ4n) is 5.79. The summed E-state index contributed by atoms with van der Waals surface area (Å²) in [7, 11) is -3.87. The van der Waals surface area contributed by atoms with Crippen LogP contribution in [0.15, 0.2) is 103 Å². The van der Waals surface area contributed by atoms with Gasteiger partial charge in [-0.15, -0.1) is 11.8 Å². The van der Waals surface area contributed by atoms with E-state index in [1.807, 2.05) is 61.5 Å². The van der Waals surface area contributed by atoms with E-state index in [1.54, 1.807) is 11.8 Å². The van der Waals surface area contributed by atoms with Crippen LogP contribution < -0.4 is 4.72 Å². The molecule has 0 aliphatic carbocycles. The van der Waals surface area contributed by atoms with Crippen molar-refractivity contribution in [3.63, 3.8) is 0 Å². The molecule has 238 valence electrons. The zero-order valence-corrected chi connectivity index (χ0v) is 26.7. The van der Waals surface area contributed by atoms with Gasteiger partial charge in [0, 0.05) is 30.0 Å². The van der Waals surface area contributed by atoms with E-state index >= 15 is 0 Å². The maximum Gasteiger partial charge on any atom is 0.279 e. The van der Waals surface area contributed by atoms with Gasteiger partial charge in [-0.05, 0) is 35.6 Å². The Hall–Kier alpha value is -3.15. The summed E-state index contributed by atoms with van der Waals surface area (Å²) in [5.74, 6) is -3.37. The van der Waals surface area contributed by atoms with E-state index in [0.29, 0.717) is 25.5 Å². The molecule has 5 nitrogen and oxygen atoms in total. The van der Waals surface area contributed by atoms with Crippen LogP contribution >= 0.6 is 11.8 Å². The van der Waals surface area contributed by atoms with Gasteiger partial charge >= 0.3 is 0 Å². The monoisotopic (exact) mass is 654 g/mol. The number of hydrogen-bond acceptors (Lipinski definition) is 4. The molecule has 1 heterocycles. The van der Waals surface area contributed by atoms with Crippen molar-refractivity contribution < 1.29 is 26.3 Å². The third kappa shape index (κ3) is 7.64. The van der Waals surface area contributed by atoms with Gasteiger partial charge in [-0.25, -0.2) is 17.9 Å². The fraction of sp³-hybridized carbons (Fsp3) is 0.314. The number of thioether (sulfide) groups is 1. The highest BCUT2D eigenvalue weighted by Crippen LogP contribution is 2.52. The first kappa shape index (κ1) is 33.2. The fourth-order valence-corrected chi connectivity index (χ4v) is 9.24. The molecule has 0 bridgehead atoms. The summed E-state index contributed by atoms with van der Waals surface area (Å²) in [6.45, 7) is 2.16. The van der Waals surface area contributed by atoms with Crippen LogP contribution in [0.1, 0.15) is 48.4 Å². The van der Waals surface area contributed by atoms with Crippen molar-refractivity contribution >= 4 is 22.0 Å². The van der Waals surface area contributed by atoms with Gasteiger partial charge in [-0.2, -0.15) is 12.7 Å². The molecule has 0 aromatic heterocycles. The van der Waals surface area contributed by atoms with Crippen LogP contribution in [0.5, 0.6) is 0 Å². The highest BCUT2D eigenvalue weighted by atomic mass is 32.2. The van der Waals surface area contributed by atoms with Crippen molar-refractivity contribution in [2.75, 3.05) is 19.7 Å². The molecule has 4 aromatic carbocycles. The zero-order valence-electron chi connectivity index (χ0n) is 25.0. The summed E-state index contributed by atoms with van der Waals surface area (Å²) in [5, 5.41) is -0.151. The van der Waals surface area contributed by atoms with Crippen LogP contribution in [0.4, 0.5) is 13.2 Å². The predicted octanol–water partition coefficient (Wildman–Crippen LogP) is 7.42. The lowest BCUT2D eigenvalue weighted by Crippen LogP contribution is -2.45. The topological polar surface area (TPSA) is 58.6 Å². The first-order valence-electron chi connectivity index (χ1n) is 15.1. The van der Waals surface area contributed by atoms with Gasteiger partial charge in [-0.1, -0.05) is 104 Å². The minimum absolute atomic E-state index is 0.0425. The van der Waals surface area contributed by atoms with E-state index in [-0.39, 0.29) is 30.6 Å². The zero-order chi connectivity index (χ0) is 31.9. The molecule has 0 spiro atoms. The molecule has 10 heteroatoms. The summed E-state index contributed by atoms with van der Waals surface area (Å²) >= 11 is 1.71. The number of benzene rings is 4. The third-order valence-electron chi connectivity index (χ3n) is 7.99. The summed E-state index contributed by atoms with van der Waals surface area (Å²) < 4.78 is 78.0. The van der Waals surface area contributed by atoms with Gasteiger partial charge in [0.25, 0.3) is 10.2 Å². The van der Waals surface area contributed by atoms with Crippen LogP contribution in [0.25, 0.3) is 0 Å². The van der Waals surface area contributed by atoms with Gasteiger partial charge in [0.15, 0.2) is 11.6 Å². The number of unbranched alkanes of at least 4 members (excludes halogenated alkanes) is 1. The van der Waals surface area contributed by atoms with Gasteiger partial charge in [0.05, 0.1) is 24.0 Å². The van der Waals surface area contributed by atoms with E-state index in [1.165, 1.54) is 4.31 Å². The van der Waals surface area contributed by atoms with Crippen molar-refractivity contribution in [2.45, 2.75) is 48.8 Å². The highest BCUT2D eigenvalue weighted by Gasteiger charge is 2.46. The Morgan fingerprint density at radius 2 is 1.38 bits per heavy atom. The molecule has 1 fully saturated rings. The van der Waals surface area contributed by atoms with Crippen LogP contribution in [0.2, 0.25) is 0 Å². The molecule has 5 rings (SSSR count). The molecule has 0 amide bonds. The van der Waals surface area contributed by atoms with Crippen LogP contribution in [0, 0.1) is 17.5 Å². The molecule has 0 unspecified atom stereocenters. The standard InChI is InChI=1S/C35H37F3N2O3S2/c1-2-3-19-39-45(41,42)40-23-31(21-30(40)25-43-24-26-20-33(37)34(38)22-32(26)36)44-35(27-13-7-4-8-14-27,28-15-9-5-10-16-28)29-17-11-6-12-18-29/h4-18,20,22,30-31,39H,2-3,19,21,23-25H2,1H3/t30-,31+/m0/s1. The van der Waals surface area contributed by atoms with Crippen molar-refractivity contribution in [1.82, 2.24) is 9.03 Å². The predicted molar refractivity (Wildman–Crippen MR) is 174 cm³/mol. The maximum atomic E-state index is 14.3. The van der Waals surface area contributed by atoms with Crippen LogP contribution in [0.3, 0.4) is 0 Å². The second-order valence-corrected chi connectivity index (χ2v) is 14.3. The number of nitrogens with one attached hydrogen (secondary N) is 1. The Bertz CT molecular complexity index is 1550. The summed E-state index contributed by atoms with van der Waals surface area (Å²) in [5.41, 5.74) is 3.06. The van der Waals surface area contributed by atoms with Gasteiger partial charge in [0.1, 0.15) is 5.82 Å². The highest BCUT2D eigenvalue weighted by molar-refractivity contribution is 8.01. The average molecular weight is 655 g/mol. The summed E-state index contributed by atoms with van der Waals surface area (Å²) in [6, 6.07) is 31.3. The Balaban J connectivity index is 1.47. The normalized spacial score (nSPS) is 17.5. The van der Waals surface area contributed by atoms with Gasteiger partial charge in [0.2, 0.25) is 0 Å².